The van der Waals surface area contributed by atoms with Gasteiger partial charge in [0, 0.05) is 24.1 Å². The molecule has 1 N–H and O–H groups in total. The minimum absolute atomic E-state index is 0.149. The second-order valence-electron chi connectivity index (χ2n) is 4.90. The summed E-state index contributed by atoms with van der Waals surface area (Å²) in [4.78, 5) is 12.0. The van der Waals surface area contributed by atoms with Crippen molar-refractivity contribution in [3.8, 4) is 6.07 Å². The van der Waals surface area contributed by atoms with Crippen LogP contribution < -0.4 is 5.32 Å². The third-order valence-electron chi connectivity index (χ3n) is 3.33. The molecule has 2 heterocycles. The van der Waals surface area contributed by atoms with Crippen LogP contribution in [0.25, 0.3) is 10.9 Å². The third-order valence-corrected chi connectivity index (χ3v) is 3.66. The minimum atomic E-state index is -0.169. The molecule has 0 saturated heterocycles. The van der Waals surface area contributed by atoms with Gasteiger partial charge in [0.25, 0.3) is 0 Å². The Bertz CT molecular complexity index is 891. The van der Waals surface area contributed by atoms with E-state index in [1.54, 1.807) is 29.2 Å². The Morgan fingerprint density at radius 2 is 2.26 bits per heavy atom. The Balaban J connectivity index is 1.62. The fourth-order valence-electron chi connectivity index (χ4n) is 2.25. The van der Waals surface area contributed by atoms with Gasteiger partial charge in [0.2, 0.25) is 5.91 Å². The van der Waals surface area contributed by atoms with Crippen LogP contribution in [0.1, 0.15) is 6.42 Å². The maximum atomic E-state index is 12.0. The van der Waals surface area contributed by atoms with Crippen molar-refractivity contribution in [2.75, 3.05) is 5.32 Å². The monoisotopic (exact) mass is 328 g/mol. The highest BCUT2D eigenvalue weighted by Crippen LogP contribution is 2.22. The first-order chi connectivity index (χ1) is 11.2. The molecule has 8 heteroatoms. The van der Waals surface area contributed by atoms with Gasteiger partial charge in [-0.25, -0.2) is 0 Å². The zero-order valence-electron chi connectivity index (χ0n) is 12.1. The Morgan fingerprint density at radius 1 is 1.39 bits per heavy atom. The smallest absolute Gasteiger partial charge is 0.227 e. The van der Waals surface area contributed by atoms with E-state index in [-0.39, 0.29) is 18.9 Å². The van der Waals surface area contributed by atoms with Crippen LogP contribution in [0.4, 0.5) is 5.82 Å². The van der Waals surface area contributed by atoms with Crippen LogP contribution >= 0.6 is 11.6 Å². The van der Waals surface area contributed by atoms with Crippen molar-refractivity contribution in [1.29, 1.82) is 5.26 Å². The predicted octanol–water partition coefficient (Wildman–Crippen LogP) is 2.44. The van der Waals surface area contributed by atoms with Gasteiger partial charge >= 0.3 is 0 Å². The first-order valence-electron chi connectivity index (χ1n) is 6.97. The summed E-state index contributed by atoms with van der Waals surface area (Å²) < 4.78 is 3.20. The highest BCUT2D eigenvalue weighted by Gasteiger charge is 2.09. The number of anilines is 1. The normalized spacial score (nSPS) is 10.6. The summed E-state index contributed by atoms with van der Waals surface area (Å²) in [5.41, 5.74) is 0.892. The number of rotatable bonds is 5. The summed E-state index contributed by atoms with van der Waals surface area (Å²) >= 11 is 6.10. The zero-order chi connectivity index (χ0) is 16.2. The second-order valence-corrected chi connectivity index (χ2v) is 5.30. The number of halogens is 1. The molecule has 0 saturated carbocycles. The van der Waals surface area contributed by atoms with Crippen LogP contribution in [0.5, 0.6) is 0 Å². The van der Waals surface area contributed by atoms with Crippen molar-refractivity contribution in [2.24, 2.45) is 0 Å². The lowest BCUT2D eigenvalue weighted by Gasteiger charge is -2.04. The van der Waals surface area contributed by atoms with E-state index in [0.717, 1.165) is 10.9 Å². The topological polar surface area (TPSA) is 88.5 Å². The number of nitrogens with zero attached hydrogens (tertiary/aromatic N) is 5. The Labute approximate surface area is 137 Å². The fourth-order valence-corrected chi connectivity index (χ4v) is 2.47. The van der Waals surface area contributed by atoms with Gasteiger partial charge in [-0.15, -0.1) is 0 Å². The molecule has 0 bridgehead atoms. The SMILES string of the molecule is N#CCn1ccc(NC(=O)CCn2ncc3c(Cl)cccc32)n1. The number of aryl methyl sites for hydroxylation is 1. The van der Waals surface area contributed by atoms with Crippen LogP contribution in [-0.4, -0.2) is 25.5 Å². The van der Waals surface area contributed by atoms with Gasteiger partial charge in [-0.05, 0) is 12.1 Å². The summed E-state index contributed by atoms with van der Waals surface area (Å²) in [7, 11) is 0. The number of carbonyl (C=O) groups is 1. The predicted molar refractivity (Wildman–Crippen MR) is 85.8 cm³/mol. The lowest BCUT2D eigenvalue weighted by atomic mass is 10.2. The number of amides is 1. The molecular weight excluding hydrogens is 316 g/mol. The number of carbonyl (C=O) groups excluding carboxylic acids is 1. The van der Waals surface area contributed by atoms with Gasteiger partial charge in [0.05, 0.1) is 29.4 Å². The van der Waals surface area contributed by atoms with E-state index in [4.69, 9.17) is 16.9 Å². The van der Waals surface area contributed by atoms with Crippen molar-refractivity contribution >= 4 is 34.2 Å². The number of fused-ring (bicyclic) bond motifs is 1. The van der Waals surface area contributed by atoms with E-state index in [0.29, 0.717) is 17.4 Å². The quantitative estimate of drug-likeness (QED) is 0.779. The number of hydrogen-bond acceptors (Lipinski definition) is 4. The number of hydrogen-bond donors (Lipinski definition) is 1. The molecule has 2 aromatic heterocycles. The molecule has 0 atom stereocenters. The third kappa shape index (κ3) is 3.33. The Morgan fingerprint density at radius 3 is 3.09 bits per heavy atom. The first-order valence-corrected chi connectivity index (χ1v) is 7.35. The van der Waals surface area contributed by atoms with Crippen molar-refractivity contribution in [3.05, 3.63) is 41.7 Å². The van der Waals surface area contributed by atoms with E-state index in [9.17, 15) is 4.79 Å². The largest absolute Gasteiger partial charge is 0.309 e. The Kier molecular flexibility index (Phi) is 4.26. The average Bonchev–Trinajstić information content (AvgIpc) is 3.13. The highest BCUT2D eigenvalue weighted by molar-refractivity contribution is 6.35. The molecule has 0 aliphatic carbocycles. The van der Waals surface area contributed by atoms with E-state index < -0.39 is 0 Å². The zero-order valence-corrected chi connectivity index (χ0v) is 12.9. The molecule has 0 unspecified atom stereocenters. The average molecular weight is 329 g/mol. The van der Waals surface area contributed by atoms with Crippen LogP contribution in [0.3, 0.4) is 0 Å². The fraction of sp³-hybridized carbons (Fsp3) is 0.200. The minimum Gasteiger partial charge on any atom is -0.309 e. The molecule has 0 aliphatic rings. The van der Waals surface area contributed by atoms with Crippen molar-refractivity contribution in [1.82, 2.24) is 19.6 Å². The standard InChI is InChI=1S/C15H13ClN6O/c16-12-2-1-3-13-11(12)10-18-22(13)8-5-15(23)19-14-4-7-21(20-14)9-6-17/h1-4,7,10H,5,8-9H2,(H,19,20,23). The molecule has 1 aromatic carbocycles. The number of aromatic nitrogens is 4. The number of nitriles is 1. The van der Waals surface area contributed by atoms with Gasteiger partial charge in [0.1, 0.15) is 6.54 Å². The molecular formula is C15H13ClN6O. The van der Waals surface area contributed by atoms with Crippen LogP contribution in [0, 0.1) is 11.3 Å². The highest BCUT2D eigenvalue weighted by atomic mass is 35.5. The lowest BCUT2D eigenvalue weighted by molar-refractivity contribution is -0.116. The van der Waals surface area contributed by atoms with Gasteiger partial charge in [-0.3, -0.25) is 14.2 Å². The van der Waals surface area contributed by atoms with Crippen molar-refractivity contribution < 1.29 is 4.79 Å². The maximum Gasteiger partial charge on any atom is 0.227 e. The van der Waals surface area contributed by atoms with Crippen LogP contribution in [0.2, 0.25) is 5.02 Å². The molecule has 3 rings (SSSR count). The summed E-state index contributed by atoms with van der Waals surface area (Å²) in [6.45, 7) is 0.588. The van der Waals surface area contributed by atoms with Crippen LogP contribution in [0.15, 0.2) is 36.7 Å². The van der Waals surface area contributed by atoms with Crippen LogP contribution in [-0.2, 0) is 17.9 Å². The van der Waals surface area contributed by atoms with E-state index in [2.05, 4.69) is 15.5 Å². The van der Waals surface area contributed by atoms with Crippen molar-refractivity contribution in [3.63, 3.8) is 0 Å². The molecule has 3 aromatic rings. The number of nitrogens with one attached hydrogen (secondary N) is 1. The van der Waals surface area contributed by atoms with Gasteiger partial charge in [0.15, 0.2) is 5.82 Å². The molecule has 1 amide bonds. The second kappa shape index (κ2) is 6.50. The van der Waals surface area contributed by atoms with Gasteiger partial charge in [-0.2, -0.15) is 15.5 Å². The number of benzene rings is 1. The van der Waals surface area contributed by atoms with Crippen molar-refractivity contribution in [2.45, 2.75) is 19.5 Å². The summed E-state index contributed by atoms with van der Waals surface area (Å²) in [5.74, 6) is 0.261. The molecule has 0 aliphatic heterocycles. The molecule has 0 fully saturated rings. The first kappa shape index (κ1) is 15.1. The summed E-state index contributed by atoms with van der Waals surface area (Å²) in [6, 6.07) is 9.20. The summed E-state index contributed by atoms with van der Waals surface area (Å²) in [6.07, 6.45) is 3.59. The Hall–Kier alpha value is -2.85. The molecule has 0 radical (unpaired) electrons. The van der Waals surface area contributed by atoms with E-state index in [1.165, 1.54) is 4.68 Å². The van der Waals surface area contributed by atoms with Gasteiger partial charge in [-0.1, -0.05) is 17.7 Å². The molecule has 0 spiro atoms. The van der Waals surface area contributed by atoms with Gasteiger partial charge < -0.3 is 5.32 Å². The lowest BCUT2D eigenvalue weighted by Crippen LogP contribution is -2.15. The van der Waals surface area contributed by atoms with E-state index >= 15 is 0 Å². The maximum absolute atomic E-state index is 12.0. The molecule has 116 valence electrons. The molecule has 23 heavy (non-hydrogen) atoms. The van der Waals surface area contributed by atoms with E-state index in [1.807, 2.05) is 18.2 Å². The molecule has 7 nitrogen and oxygen atoms in total. The summed E-state index contributed by atoms with van der Waals surface area (Å²) in [5, 5.41) is 21.1.